The Hall–Kier alpha value is -2.22. The van der Waals surface area contributed by atoms with Crippen molar-refractivity contribution in [3.8, 4) is 11.5 Å². The van der Waals surface area contributed by atoms with E-state index in [9.17, 15) is 4.79 Å². The molecule has 0 N–H and O–H groups in total. The van der Waals surface area contributed by atoms with Gasteiger partial charge >= 0.3 is 0 Å². The SMILES string of the molecule is Cc1nnc(SCC(=O)N2CCCC2c2ccc3c(c2)OCCO3)n1C1CCCCC1. The quantitative estimate of drug-likeness (QED) is 0.643. The van der Waals surface area contributed by atoms with Crippen molar-refractivity contribution in [2.75, 3.05) is 25.5 Å². The molecule has 2 aromatic rings. The minimum atomic E-state index is 0.0990. The normalized spacial score (nSPS) is 21.5. The predicted octanol–water partition coefficient (Wildman–Crippen LogP) is 4.32. The molecule has 1 unspecified atom stereocenters. The van der Waals surface area contributed by atoms with Gasteiger partial charge in [0.1, 0.15) is 19.0 Å². The van der Waals surface area contributed by atoms with Gasteiger partial charge in [-0.15, -0.1) is 10.2 Å². The Labute approximate surface area is 187 Å². The fraction of sp³-hybridized carbons (Fsp3) is 0.609. The third-order valence-electron chi connectivity index (χ3n) is 6.62. The zero-order valence-corrected chi connectivity index (χ0v) is 18.9. The maximum atomic E-state index is 13.2. The summed E-state index contributed by atoms with van der Waals surface area (Å²) in [4.78, 5) is 15.2. The molecule has 1 amide bonds. The second-order valence-electron chi connectivity index (χ2n) is 8.63. The van der Waals surface area contributed by atoms with Gasteiger partial charge in [-0.05, 0) is 50.3 Å². The van der Waals surface area contributed by atoms with E-state index < -0.39 is 0 Å². The summed E-state index contributed by atoms with van der Waals surface area (Å²) in [5, 5.41) is 9.58. The summed E-state index contributed by atoms with van der Waals surface area (Å²) in [6.45, 7) is 3.97. The monoisotopic (exact) mass is 442 g/mol. The lowest BCUT2D eigenvalue weighted by molar-refractivity contribution is -0.129. The molecule has 0 radical (unpaired) electrons. The van der Waals surface area contributed by atoms with Crippen LogP contribution in [0.25, 0.3) is 0 Å². The number of aromatic nitrogens is 3. The van der Waals surface area contributed by atoms with E-state index in [1.54, 1.807) is 0 Å². The molecule has 2 aliphatic heterocycles. The number of nitrogens with zero attached hydrogens (tertiary/aromatic N) is 4. The van der Waals surface area contributed by atoms with Gasteiger partial charge in [-0.25, -0.2) is 0 Å². The number of aryl methyl sites for hydroxylation is 1. The van der Waals surface area contributed by atoms with Crippen LogP contribution < -0.4 is 9.47 Å². The summed E-state index contributed by atoms with van der Waals surface area (Å²) in [6.07, 6.45) is 8.19. The number of likely N-dealkylation sites (tertiary alicyclic amines) is 1. The molecule has 1 atom stereocenters. The lowest BCUT2D eigenvalue weighted by atomic mass is 9.95. The molecule has 5 rings (SSSR count). The summed E-state index contributed by atoms with van der Waals surface area (Å²) >= 11 is 1.53. The van der Waals surface area contributed by atoms with Crippen LogP contribution in [0.4, 0.5) is 0 Å². The molecule has 1 aliphatic carbocycles. The largest absolute Gasteiger partial charge is 0.486 e. The molecular weight excluding hydrogens is 412 g/mol. The molecule has 8 heteroatoms. The molecule has 31 heavy (non-hydrogen) atoms. The lowest BCUT2D eigenvalue weighted by Crippen LogP contribution is -2.32. The molecular formula is C23H30N4O3S. The number of rotatable bonds is 5. The Balaban J connectivity index is 1.27. The number of fused-ring (bicyclic) bond motifs is 1. The van der Waals surface area contributed by atoms with E-state index >= 15 is 0 Å². The van der Waals surface area contributed by atoms with Crippen molar-refractivity contribution >= 4 is 17.7 Å². The Morgan fingerprint density at radius 2 is 1.87 bits per heavy atom. The van der Waals surface area contributed by atoms with Crippen LogP contribution in [0.1, 0.15) is 68.4 Å². The number of carbonyl (C=O) groups is 1. The molecule has 1 aromatic heterocycles. The van der Waals surface area contributed by atoms with Crippen LogP contribution in [0.5, 0.6) is 11.5 Å². The van der Waals surface area contributed by atoms with Gasteiger partial charge < -0.3 is 18.9 Å². The highest BCUT2D eigenvalue weighted by Crippen LogP contribution is 2.39. The molecule has 7 nitrogen and oxygen atoms in total. The minimum Gasteiger partial charge on any atom is -0.486 e. The third-order valence-corrected chi connectivity index (χ3v) is 7.55. The van der Waals surface area contributed by atoms with Crippen LogP contribution >= 0.6 is 11.8 Å². The standard InChI is InChI=1S/C23H30N4O3S/c1-16-24-25-23(27(16)18-6-3-2-4-7-18)31-15-22(28)26-11-5-8-19(26)17-9-10-20-21(14-17)30-13-12-29-20/h9-10,14,18-19H,2-8,11-13,15H2,1H3. The van der Waals surface area contributed by atoms with E-state index in [0.29, 0.717) is 25.0 Å². The zero-order valence-electron chi connectivity index (χ0n) is 18.1. The smallest absolute Gasteiger partial charge is 0.233 e. The second kappa shape index (κ2) is 9.10. The second-order valence-corrected chi connectivity index (χ2v) is 9.57. The van der Waals surface area contributed by atoms with Gasteiger partial charge in [0.15, 0.2) is 16.7 Å². The Morgan fingerprint density at radius 1 is 1.06 bits per heavy atom. The number of benzene rings is 1. The van der Waals surface area contributed by atoms with Gasteiger partial charge in [-0.3, -0.25) is 4.79 Å². The van der Waals surface area contributed by atoms with Crippen molar-refractivity contribution in [2.45, 2.75) is 69.1 Å². The lowest BCUT2D eigenvalue weighted by Gasteiger charge is -2.27. The van der Waals surface area contributed by atoms with E-state index in [1.807, 2.05) is 24.0 Å². The molecule has 1 aromatic carbocycles. The van der Waals surface area contributed by atoms with E-state index in [2.05, 4.69) is 20.8 Å². The van der Waals surface area contributed by atoms with E-state index in [0.717, 1.165) is 47.4 Å². The molecule has 1 saturated carbocycles. The van der Waals surface area contributed by atoms with Crippen molar-refractivity contribution < 1.29 is 14.3 Å². The van der Waals surface area contributed by atoms with Crippen molar-refractivity contribution in [1.82, 2.24) is 19.7 Å². The van der Waals surface area contributed by atoms with E-state index in [-0.39, 0.29) is 11.9 Å². The van der Waals surface area contributed by atoms with Gasteiger partial charge in [-0.2, -0.15) is 0 Å². The van der Waals surface area contributed by atoms with E-state index in [4.69, 9.17) is 9.47 Å². The highest BCUT2D eigenvalue weighted by molar-refractivity contribution is 7.99. The molecule has 3 aliphatic rings. The Morgan fingerprint density at radius 3 is 2.71 bits per heavy atom. The highest BCUT2D eigenvalue weighted by atomic mass is 32.2. The minimum absolute atomic E-state index is 0.0990. The van der Waals surface area contributed by atoms with Gasteiger partial charge in [0.25, 0.3) is 0 Å². The van der Waals surface area contributed by atoms with Crippen molar-refractivity contribution in [3.63, 3.8) is 0 Å². The summed E-state index contributed by atoms with van der Waals surface area (Å²) in [6, 6.07) is 6.65. The van der Waals surface area contributed by atoms with Crippen LogP contribution in [0, 0.1) is 6.92 Å². The number of amides is 1. The van der Waals surface area contributed by atoms with E-state index in [1.165, 1.54) is 43.9 Å². The van der Waals surface area contributed by atoms with Gasteiger partial charge in [0, 0.05) is 12.6 Å². The van der Waals surface area contributed by atoms with Crippen LogP contribution in [0.3, 0.4) is 0 Å². The molecule has 0 spiro atoms. The van der Waals surface area contributed by atoms with Crippen molar-refractivity contribution in [1.29, 1.82) is 0 Å². The average Bonchev–Trinajstić information content (AvgIpc) is 3.44. The van der Waals surface area contributed by atoms with Gasteiger partial charge in [0.05, 0.1) is 11.8 Å². The first-order valence-corrected chi connectivity index (χ1v) is 12.4. The first-order valence-electron chi connectivity index (χ1n) is 11.4. The number of thioether (sulfide) groups is 1. The van der Waals surface area contributed by atoms with Crippen LogP contribution in [0.2, 0.25) is 0 Å². The molecule has 0 bridgehead atoms. The Bertz CT molecular complexity index is 941. The zero-order chi connectivity index (χ0) is 21.2. The molecule has 1 saturated heterocycles. The first-order chi connectivity index (χ1) is 15.2. The van der Waals surface area contributed by atoms with Crippen LogP contribution in [0.15, 0.2) is 23.4 Å². The predicted molar refractivity (Wildman–Crippen MR) is 119 cm³/mol. The Kier molecular flexibility index (Phi) is 6.07. The highest BCUT2D eigenvalue weighted by Gasteiger charge is 2.31. The summed E-state index contributed by atoms with van der Waals surface area (Å²) in [7, 11) is 0. The molecule has 2 fully saturated rings. The fourth-order valence-corrected chi connectivity index (χ4v) is 6.03. The summed E-state index contributed by atoms with van der Waals surface area (Å²) < 4.78 is 13.7. The van der Waals surface area contributed by atoms with Crippen molar-refractivity contribution in [3.05, 3.63) is 29.6 Å². The number of hydrogen-bond acceptors (Lipinski definition) is 6. The maximum absolute atomic E-state index is 13.2. The van der Waals surface area contributed by atoms with Gasteiger partial charge in [0.2, 0.25) is 5.91 Å². The maximum Gasteiger partial charge on any atom is 0.233 e. The third kappa shape index (κ3) is 4.27. The number of hydrogen-bond donors (Lipinski definition) is 0. The first kappa shape index (κ1) is 20.7. The number of ether oxygens (including phenoxy) is 2. The van der Waals surface area contributed by atoms with Crippen LogP contribution in [-0.2, 0) is 4.79 Å². The summed E-state index contributed by atoms with van der Waals surface area (Å²) in [5.41, 5.74) is 1.13. The van der Waals surface area contributed by atoms with Crippen LogP contribution in [-0.4, -0.2) is 51.1 Å². The summed E-state index contributed by atoms with van der Waals surface area (Å²) in [5.74, 6) is 3.09. The topological polar surface area (TPSA) is 69.5 Å². The molecule has 166 valence electrons. The average molecular weight is 443 g/mol. The van der Waals surface area contributed by atoms with Gasteiger partial charge in [-0.1, -0.05) is 37.1 Å². The molecule has 3 heterocycles. The van der Waals surface area contributed by atoms with Crippen molar-refractivity contribution in [2.24, 2.45) is 0 Å². The fourth-order valence-electron chi connectivity index (χ4n) is 5.10. The number of carbonyl (C=O) groups excluding carboxylic acids is 1.